The Morgan fingerprint density at radius 2 is 2.00 bits per heavy atom. The SMILES string of the molecule is CC1CCC(NC(=O)OCC(F)(F)F)C1C. The number of alkyl halides is 3. The Balaban J connectivity index is 2.30. The predicted octanol–water partition coefficient (Wildman–Crippen LogP) is 2.71. The molecule has 0 aromatic rings. The Bertz CT molecular complexity index is 255. The lowest BCUT2D eigenvalue weighted by molar-refractivity contribution is -0.160. The molecule has 3 nitrogen and oxygen atoms in total. The number of hydrogen-bond acceptors (Lipinski definition) is 2. The molecule has 0 heterocycles. The lowest BCUT2D eigenvalue weighted by Crippen LogP contribution is -2.39. The number of halogens is 3. The summed E-state index contributed by atoms with van der Waals surface area (Å²) in [5, 5.41) is 2.47. The summed E-state index contributed by atoms with van der Waals surface area (Å²) in [6.45, 7) is 2.51. The standard InChI is InChI=1S/C10H16F3NO2/c1-6-3-4-8(7(6)2)14-9(15)16-5-10(11,12)13/h6-8H,3-5H2,1-2H3,(H,14,15). The molecule has 16 heavy (non-hydrogen) atoms. The molecule has 1 saturated carbocycles. The third-order valence-electron chi connectivity index (χ3n) is 3.14. The third kappa shape index (κ3) is 3.90. The maximum Gasteiger partial charge on any atom is 0.422 e. The average Bonchev–Trinajstić information content (AvgIpc) is 2.46. The highest BCUT2D eigenvalue weighted by molar-refractivity contribution is 5.67. The van der Waals surface area contributed by atoms with Crippen molar-refractivity contribution in [1.29, 1.82) is 0 Å². The Morgan fingerprint density at radius 1 is 1.38 bits per heavy atom. The van der Waals surface area contributed by atoms with Crippen molar-refractivity contribution in [3.63, 3.8) is 0 Å². The molecule has 0 saturated heterocycles. The van der Waals surface area contributed by atoms with Crippen LogP contribution in [0, 0.1) is 11.8 Å². The number of alkyl carbamates (subject to hydrolysis) is 1. The first-order valence-corrected chi connectivity index (χ1v) is 5.29. The van der Waals surface area contributed by atoms with Gasteiger partial charge in [-0.3, -0.25) is 0 Å². The number of hydrogen-bond donors (Lipinski definition) is 1. The molecule has 6 heteroatoms. The molecule has 0 aliphatic heterocycles. The van der Waals surface area contributed by atoms with E-state index >= 15 is 0 Å². The zero-order valence-corrected chi connectivity index (χ0v) is 9.30. The van der Waals surface area contributed by atoms with Crippen molar-refractivity contribution in [3.05, 3.63) is 0 Å². The Morgan fingerprint density at radius 3 is 2.44 bits per heavy atom. The summed E-state index contributed by atoms with van der Waals surface area (Å²) in [5.74, 6) is 0.756. The third-order valence-corrected chi connectivity index (χ3v) is 3.14. The molecule has 3 unspecified atom stereocenters. The fraction of sp³-hybridized carbons (Fsp3) is 0.900. The summed E-state index contributed by atoms with van der Waals surface area (Å²) in [6.07, 6.45) is -3.68. The van der Waals surface area contributed by atoms with Crippen LogP contribution in [0.5, 0.6) is 0 Å². The van der Waals surface area contributed by atoms with E-state index in [9.17, 15) is 18.0 Å². The molecule has 1 amide bonds. The number of ether oxygens (including phenoxy) is 1. The predicted molar refractivity (Wildman–Crippen MR) is 51.9 cm³/mol. The first-order chi connectivity index (χ1) is 7.29. The summed E-state index contributed by atoms with van der Waals surface area (Å²) in [6, 6.07) is -0.0734. The highest BCUT2D eigenvalue weighted by atomic mass is 19.4. The van der Waals surface area contributed by atoms with Gasteiger partial charge < -0.3 is 10.1 Å². The molecule has 0 aromatic heterocycles. The minimum atomic E-state index is -4.47. The van der Waals surface area contributed by atoms with E-state index < -0.39 is 18.9 Å². The number of carbonyl (C=O) groups is 1. The van der Waals surface area contributed by atoms with E-state index in [0.29, 0.717) is 5.92 Å². The van der Waals surface area contributed by atoms with Gasteiger partial charge in [-0.2, -0.15) is 13.2 Å². The van der Waals surface area contributed by atoms with E-state index in [1.54, 1.807) is 0 Å². The molecular formula is C10H16F3NO2. The van der Waals surface area contributed by atoms with Gasteiger partial charge >= 0.3 is 12.3 Å². The van der Waals surface area contributed by atoms with Gasteiger partial charge in [0.05, 0.1) is 0 Å². The molecule has 94 valence electrons. The van der Waals surface area contributed by atoms with E-state index in [4.69, 9.17) is 0 Å². The molecule has 0 radical (unpaired) electrons. The van der Waals surface area contributed by atoms with Gasteiger partial charge in [0.15, 0.2) is 6.61 Å². The van der Waals surface area contributed by atoms with E-state index in [1.165, 1.54) is 0 Å². The smallest absolute Gasteiger partial charge is 0.422 e. The zero-order chi connectivity index (χ0) is 12.3. The van der Waals surface area contributed by atoms with Crippen LogP contribution in [0.25, 0.3) is 0 Å². The number of carbonyl (C=O) groups excluding carboxylic acids is 1. The quantitative estimate of drug-likeness (QED) is 0.804. The van der Waals surface area contributed by atoms with Gasteiger partial charge in [0.2, 0.25) is 0 Å². The van der Waals surface area contributed by atoms with Gasteiger partial charge in [0.1, 0.15) is 0 Å². The van der Waals surface area contributed by atoms with Gasteiger partial charge in [0, 0.05) is 6.04 Å². The monoisotopic (exact) mass is 239 g/mol. The van der Waals surface area contributed by atoms with E-state index in [2.05, 4.69) is 17.0 Å². The second-order valence-electron chi connectivity index (χ2n) is 4.36. The minimum absolute atomic E-state index is 0.0734. The van der Waals surface area contributed by atoms with Crippen molar-refractivity contribution < 1.29 is 22.7 Å². The molecule has 0 aromatic carbocycles. The number of rotatable bonds is 2. The van der Waals surface area contributed by atoms with Crippen LogP contribution >= 0.6 is 0 Å². The maximum absolute atomic E-state index is 11.8. The molecule has 1 N–H and O–H groups in total. The van der Waals surface area contributed by atoms with Crippen LogP contribution in [0.2, 0.25) is 0 Å². The van der Waals surface area contributed by atoms with E-state index in [-0.39, 0.29) is 12.0 Å². The normalized spacial score (nSPS) is 30.2. The van der Waals surface area contributed by atoms with E-state index in [0.717, 1.165) is 12.8 Å². The van der Waals surface area contributed by atoms with Crippen molar-refractivity contribution in [2.75, 3.05) is 6.61 Å². The molecule has 3 atom stereocenters. The van der Waals surface area contributed by atoms with E-state index in [1.807, 2.05) is 6.92 Å². The summed E-state index contributed by atoms with van der Waals surface area (Å²) >= 11 is 0. The molecule has 1 aliphatic carbocycles. The zero-order valence-electron chi connectivity index (χ0n) is 9.30. The lowest BCUT2D eigenvalue weighted by Gasteiger charge is -2.19. The van der Waals surface area contributed by atoms with Crippen LogP contribution in [0.15, 0.2) is 0 Å². The van der Waals surface area contributed by atoms with Crippen LogP contribution < -0.4 is 5.32 Å². The molecule has 0 spiro atoms. The molecule has 0 bridgehead atoms. The number of amides is 1. The largest absolute Gasteiger partial charge is 0.440 e. The van der Waals surface area contributed by atoms with Gasteiger partial charge in [-0.25, -0.2) is 4.79 Å². The highest BCUT2D eigenvalue weighted by Gasteiger charge is 2.33. The Hall–Kier alpha value is -0.940. The second kappa shape index (κ2) is 4.93. The summed E-state index contributed by atoms with van der Waals surface area (Å²) in [4.78, 5) is 11.1. The topological polar surface area (TPSA) is 38.3 Å². The van der Waals surface area contributed by atoms with Crippen molar-refractivity contribution >= 4 is 6.09 Å². The summed E-state index contributed by atoms with van der Waals surface area (Å²) in [7, 11) is 0. The van der Waals surface area contributed by atoms with Crippen molar-refractivity contribution in [3.8, 4) is 0 Å². The maximum atomic E-state index is 11.8. The molecular weight excluding hydrogens is 223 g/mol. The van der Waals surface area contributed by atoms with Crippen LogP contribution in [-0.4, -0.2) is 24.9 Å². The Kier molecular flexibility index (Phi) is 4.04. The van der Waals surface area contributed by atoms with Gasteiger partial charge in [-0.15, -0.1) is 0 Å². The summed E-state index contributed by atoms with van der Waals surface area (Å²) < 4.78 is 39.4. The molecule has 1 fully saturated rings. The minimum Gasteiger partial charge on any atom is -0.440 e. The summed E-state index contributed by atoms with van der Waals surface area (Å²) in [5.41, 5.74) is 0. The van der Waals surface area contributed by atoms with Crippen LogP contribution in [0.4, 0.5) is 18.0 Å². The average molecular weight is 239 g/mol. The second-order valence-corrected chi connectivity index (χ2v) is 4.36. The van der Waals surface area contributed by atoms with Gasteiger partial charge in [-0.05, 0) is 24.7 Å². The van der Waals surface area contributed by atoms with Gasteiger partial charge in [-0.1, -0.05) is 13.8 Å². The fourth-order valence-corrected chi connectivity index (χ4v) is 1.91. The van der Waals surface area contributed by atoms with Crippen molar-refractivity contribution in [1.82, 2.24) is 5.32 Å². The van der Waals surface area contributed by atoms with Crippen LogP contribution in [0.1, 0.15) is 26.7 Å². The molecule has 1 aliphatic rings. The van der Waals surface area contributed by atoms with Crippen molar-refractivity contribution in [2.24, 2.45) is 11.8 Å². The van der Waals surface area contributed by atoms with Crippen LogP contribution in [-0.2, 0) is 4.74 Å². The van der Waals surface area contributed by atoms with Gasteiger partial charge in [0.25, 0.3) is 0 Å². The first-order valence-electron chi connectivity index (χ1n) is 5.29. The Labute approximate surface area is 92.3 Å². The van der Waals surface area contributed by atoms with Crippen LogP contribution in [0.3, 0.4) is 0 Å². The highest BCUT2D eigenvalue weighted by Crippen LogP contribution is 2.31. The lowest BCUT2D eigenvalue weighted by atomic mass is 9.98. The van der Waals surface area contributed by atoms with Crippen molar-refractivity contribution in [2.45, 2.75) is 38.9 Å². The number of nitrogens with one attached hydrogen (secondary N) is 1. The fourth-order valence-electron chi connectivity index (χ4n) is 1.91. The molecule has 1 rings (SSSR count). The first kappa shape index (κ1) is 13.1.